The Bertz CT molecular complexity index is 666. The number of amides is 2. The monoisotopic (exact) mass is 330 g/mol. The van der Waals surface area contributed by atoms with Crippen molar-refractivity contribution in [2.24, 2.45) is 0 Å². The number of rotatable bonds is 6. The third kappa shape index (κ3) is 5.57. The van der Waals surface area contributed by atoms with Gasteiger partial charge in [-0.1, -0.05) is 12.1 Å². The number of methoxy groups -OCH3 is 1. The number of anilines is 1. The number of aryl methyl sites for hydroxylation is 2. The molecule has 0 aromatic heterocycles. The average Bonchev–Trinajstić information content (AvgIpc) is 2.52. The molecule has 0 aliphatic rings. The minimum absolute atomic E-state index is 0.00163. The van der Waals surface area contributed by atoms with Crippen molar-refractivity contribution in [2.75, 3.05) is 12.4 Å². The molecule has 4 nitrogen and oxygen atoms in total. The minimum Gasteiger partial charge on any atom is -0.497 e. The van der Waals surface area contributed by atoms with Crippen LogP contribution in [0.25, 0.3) is 0 Å². The summed E-state index contributed by atoms with van der Waals surface area (Å²) in [6.45, 7) is 3.73. The zero-order valence-corrected chi connectivity index (χ0v) is 14.2. The highest BCUT2D eigenvalue weighted by Crippen LogP contribution is 2.14. The summed E-state index contributed by atoms with van der Waals surface area (Å²) in [5, 5.41) is 5.52. The van der Waals surface area contributed by atoms with Crippen molar-refractivity contribution in [1.82, 2.24) is 5.32 Å². The van der Waals surface area contributed by atoms with Gasteiger partial charge >= 0.3 is 6.03 Å². The standard InChI is InChI=1S/C19H23FN2O2/c1-13-10-16(20)12-17(11-13)22-19(23)21-14(2)4-5-15-6-8-18(24-3)9-7-15/h6-12,14H,4-5H2,1-3H3,(H2,21,22,23). The first kappa shape index (κ1) is 17.8. The van der Waals surface area contributed by atoms with Crippen LogP contribution in [0.1, 0.15) is 24.5 Å². The Balaban J connectivity index is 1.80. The Morgan fingerprint density at radius 2 is 1.92 bits per heavy atom. The van der Waals surface area contributed by atoms with Gasteiger partial charge in [0, 0.05) is 11.7 Å². The van der Waals surface area contributed by atoms with Gasteiger partial charge in [-0.05, 0) is 68.1 Å². The molecule has 0 aliphatic heterocycles. The molecule has 0 saturated heterocycles. The smallest absolute Gasteiger partial charge is 0.319 e. The van der Waals surface area contributed by atoms with Gasteiger partial charge in [0.2, 0.25) is 0 Å². The molecule has 2 aromatic carbocycles. The summed E-state index contributed by atoms with van der Waals surface area (Å²) in [4.78, 5) is 12.0. The SMILES string of the molecule is COc1ccc(CCC(C)NC(=O)Nc2cc(C)cc(F)c2)cc1. The van der Waals surface area contributed by atoms with Gasteiger partial charge in [-0.2, -0.15) is 0 Å². The van der Waals surface area contributed by atoms with Crippen LogP contribution in [0.3, 0.4) is 0 Å². The molecule has 2 aromatic rings. The van der Waals surface area contributed by atoms with Crippen LogP contribution in [0.5, 0.6) is 5.75 Å². The summed E-state index contributed by atoms with van der Waals surface area (Å²) < 4.78 is 18.5. The number of ether oxygens (including phenoxy) is 1. The Morgan fingerprint density at radius 1 is 1.21 bits per heavy atom. The zero-order valence-electron chi connectivity index (χ0n) is 14.2. The first-order valence-electron chi connectivity index (χ1n) is 7.94. The normalized spacial score (nSPS) is 11.7. The molecule has 2 rings (SSSR count). The Kier molecular flexibility index (Phi) is 6.18. The fourth-order valence-electron chi connectivity index (χ4n) is 2.45. The van der Waals surface area contributed by atoms with E-state index in [-0.39, 0.29) is 17.9 Å². The Morgan fingerprint density at radius 3 is 2.54 bits per heavy atom. The van der Waals surface area contributed by atoms with Crippen molar-refractivity contribution in [1.29, 1.82) is 0 Å². The number of halogens is 1. The van der Waals surface area contributed by atoms with Gasteiger partial charge < -0.3 is 15.4 Å². The molecule has 0 spiro atoms. The molecule has 0 fully saturated rings. The van der Waals surface area contributed by atoms with Crippen LogP contribution in [0.2, 0.25) is 0 Å². The topological polar surface area (TPSA) is 50.4 Å². The van der Waals surface area contributed by atoms with Gasteiger partial charge in [0.25, 0.3) is 0 Å². The fourth-order valence-corrected chi connectivity index (χ4v) is 2.45. The minimum atomic E-state index is -0.363. The van der Waals surface area contributed by atoms with Crippen LogP contribution in [-0.2, 0) is 6.42 Å². The lowest BCUT2D eigenvalue weighted by atomic mass is 10.1. The second kappa shape index (κ2) is 8.34. The number of hydrogen-bond donors (Lipinski definition) is 2. The molecule has 0 radical (unpaired) electrons. The van der Waals surface area contributed by atoms with Crippen LogP contribution < -0.4 is 15.4 Å². The summed E-state index contributed by atoms with van der Waals surface area (Å²) in [6.07, 6.45) is 1.66. The lowest BCUT2D eigenvalue weighted by Crippen LogP contribution is -2.36. The highest BCUT2D eigenvalue weighted by molar-refractivity contribution is 5.89. The predicted octanol–water partition coefficient (Wildman–Crippen LogP) is 4.29. The van der Waals surface area contributed by atoms with Gasteiger partial charge in [-0.3, -0.25) is 0 Å². The number of carbonyl (C=O) groups is 1. The molecule has 2 amide bonds. The molecule has 5 heteroatoms. The molecule has 0 saturated carbocycles. The molecular formula is C19H23FN2O2. The molecule has 24 heavy (non-hydrogen) atoms. The quantitative estimate of drug-likeness (QED) is 0.830. The predicted molar refractivity (Wildman–Crippen MR) is 94.1 cm³/mol. The van der Waals surface area contributed by atoms with Crippen LogP contribution >= 0.6 is 0 Å². The van der Waals surface area contributed by atoms with E-state index >= 15 is 0 Å². The van der Waals surface area contributed by atoms with Crippen molar-refractivity contribution in [3.63, 3.8) is 0 Å². The maximum absolute atomic E-state index is 13.3. The molecule has 0 heterocycles. The number of benzene rings is 2. The second-order valence-electron chi connectivity index (χ2n) is 5.90. The van der Waals surface area contributed by atoms with Gasteiger partial charge in [0.05, 0.1) is 7.11 Å². The van der Waals surface area contributed by atoms with Crippen LogP contribution in [0.4, 0.5) is 14.9 Å². The average molecular weight is 330 g/mol. The fraction of sp³-hybridized carbons (Fsp3) is 0.316. The lowest BCUT2D eigenvalue weighted by Gasteiger charge is -2.15. The van der Waals surface area contributed by atoms with Gasteiger partial charge in [-0.25, -0.2) is 9.18 Å². The van der Waals surface area contributed by atoms with Crippen molar-refractivity contribution < 1.29 is 13.9 Å². The first-order valence-corrected chi connectivity index (χ1v) is 7.94. The second-order valence-corrected chi connectivity index (χ2v) is 5.90. The van der Waals surface area contributed by atoms with Crippen LogP contribution in [-0.4, -0.2) is 19.2 Å². The van der Waals surface area contributed by atoms with Crippen molar-refractivity contribution >= 4 is 11.7 Å². The van der Waals surface area contributed by atoms with E-state index < -0.39 is 0 Å². The van der Waals surface area contributed by atoms with E-state index in [4.69, 9.17) is 4.74 Å². The van der Waals surface area contributed by atoms with Crippen molar-refractivity contribution in [2.45, 2.75) is 32.7 Å². The van der Waals surface area contributed by atoms with E-state index in [2.05, 4.69) is 10.6 Å². The molecule has 2 N–H and O–H groups in total. The van der Waals surface area contributed by atoms with Gasteiger partial charge in [0.15, 0.2) is 0 Å². The lowest BCUT2D eigenvalue weighted by molar-refractivity contribution is 0.248. The summed E-state index contributed by atoms with van der Waals surface area (Å²) in [5.74, 6) is 0.465. The zero-order chi connectivity index (χ0) is 17.5. The Labute approximate surface area is 142 Å². The third-order valence-corrected chi connectivity index (χ3v) is 3.70. The number of carbonyl (C=O) groups excluding carboxylic acids is 1. The number of hydrogen-bond acceptors (Lipinski definition) is 2. The van der Waals surface area contributed by atoms with Crippen molar-refractivity contribution in [3.05, 3.63) is 59.4 Å². The van der Waals surface area contributed by atoms with Gasteiger partial charge in [-0.15, -0.1) is 0 Å². The molecule has 128 valence electrons. The maximum Gasteiger partial charge on any atom is 0.319 e. The van der Waals surface area contributed by atoms with E-state index in [1.54, 1.807) is 20.1 Å². The summed E-state index contributed by atoms with van der Waals surface area (Å²) in [7, 11) is 1.64. The molecule has 1 atom stereocenters. The highest BCUT2D eigenvalue weighted by Gasteiger charge is 2.09. The summed E-state index contributed by atoms with van der Waals surface area (Å²) >= 11 is 0. The maximum atomic E-state index is 13.3. The molecule has 1 unspecified atom stereocenters. The van der Waals surface area contributed by atoms with Crippen LogP contribution in [0.15, 0.2) is 42.5 Å². The van der Waals surface area contributed by atoms with E-state index in [0.29, 0.717) is 5.69 Å². The Hall–Kier alpha value is -2.56. The molecular weight excluding hydrogens is 307 g/mol. The third-order valence-electron chi connectivity index (χ3n) is 3.70. The van der Waals surface area contributed by atoms with Gasteiger partial charge in [0.1, 0.15) is 11.6 Å². The molecule has 0 aliphatic carbocycles. The largest absolute Gasteiger partial charge is 0.497 e. The van der Waals surface area contributed by atoms with Crippen LogP contribution in [0, 0.1) is 12.7 Å². The molecule has 0 bridgehead atoms. The van der Waals surface area contributed by atoms with E-state index in [0.717, 1.165) is 24.2 Å². The van der Waals surface area contributed by atoms with E-state index in [1.807, 2.05) is 31.2 Å². The highest BCUT2D eigenvalue weighted by atomic mass is 19.1. The summed E-state index contributed by atoms with van der Waals surface area (Å²) in [6, 6.07) is 12.0. The van der Waals surface area contributed by atoms with Crippen molar-refractivity contribution in [3.8, 4) is 5.75 Å². The number of urea groups is 1. The number of nitrogens with one attached hydrogen (secondary N) is 2. The van der Waals surface area contributed by atoms with E-state index in [1.165, 1.54) is 17.7 Å². The van der Waals surface area contributed by atoms with E-state index in [9.17, 15) is 9.18 Å². The summed E-state index contributed by atoms with van der Waals surface area (Å²) in [5.41, 5.74) is 2.40. The first-order chi connectivity index (χ1) is 11.5.